The van der Waals surface area contributed by atoms with E-state index in [1.165, 1.54) is 0 Å². The summed E-state index contributed by atoms with van der Waals surface area (Å²) in [6, 6.07) is 0. The standard InChI is InChI=1S/C2H2O4.H3N.Ti/c3-1(4)2(5)6;;/h(H,3,4)(H,5,6);1H3;/q;;+2/p-1. The number of carbonyl (C=O) groups is 2. The van der Waals surface area contributed by atoms with E-state index >= 15 is 0 Å². The molecule has 0 aromatic carbocycles. The third-order valence-corrected chi connectivity index (χ3v) is 0.167. The summed E-state index contributed by atoms with van der Waals surface area (Å²) in [6.07, 6.45) is 0. The molecule has 0 heterocycles. The number of carboxylic acids is 2. The zero-order valence-corrected chi connectivity index (χ0v) is 5.69. The van der Waals surface area contributed by atoms with Crippen molar-refractivity contribution in [2.45, 2.75) is 0 Å². The van der Waals surface area contributed by atoms with Crippen LogP contribution in [-0.2, 0) is 31.3 Å². The molecule has 0 aliphatic heterocycles. The maximum atomic E-state index is 8.93. The van der Waals surface area contributed by atoms with Gasteiger partial charge in [0.25, 0.3) is 0 Å². The topological polar surface area (TPSA) is 117 Å². The smallest absolute Gasteiger partial charge is 0.543 e. The third kappa shape index (κ3) is 9.15. The molecule has 0 radical (unpaired) electrons. The van der Waals surface area contributed by atoms with Gasteiger partial charge in [0.2, 0.25) is 0 Å². The molecule has 0 atom stereocenters. The first kappa shape index (κ1) is 15.6. The molecule has 0 bridgehead atoms. The Hall–Kier alpha value is -0.386. The summed E-state index contributed by atoms with van der Waals surface area (Å²) >= 11 is 0. The predicted molar refractivity (Wildman–Crippen MR) is 16.0 cm³/mol. The maximum Gasteiger partial charge on any atom is 2.00 e. The fourth-order valence-electron chi connectivity index (χ4n) is 0. The van der Waals surface area contributed by atoms with Gasteiger partial charge in [-0.15, -0.1) is 0 Å². The normalized spacial score (nSPS) is 5.50. The van der Waals surface area contributed by atoms with Crippen LogP contribution in [0.2, 0.25) is 0 Å². The van der Waals surface area contributed by atoms with E-state index in [-0.39, 0.29) is 27.9 Å². The largest absolute Gasteiger partial charge is 2.00 e. The molecule has 0 rings (SSSR count). The molecule has 0 fully saturated rings. The van der Waals surface area contributed by atoms with E-state index in [0.29, 0.717) is 0 Å². The van der Waals surface area contributed by atoms with Crippen molar-refractivity contribution in [2.75, 3.05) is 0 Å². The van der Waals surface area contributed by atoms with Gasteiger partial charge in [0, 0.05) is 0 Å². The summed E-state index contributed by atoms with van der Waals surface area (Å²) in [4.78, 5) is 17.9. The second-order valence-electron chi connectivity index (χ2n) is 0.575. The minimum atomic E-state index is -2.19. The molecule has 44 valence electrons. The number of hydrogen-bond donors (Lipinski definition) is 1. The summed E-state index contributed by atoms with van der Waals surface area (Å²) in [7, 11) is 0. The Morgan fingerprint density at radius 3 is 1.12 bits per heavy atom. The molecule has 0 amide bonds. The number of carboxylic acid groups (broad SMARTS) is 2. The summed E-state index contributed by atoms with van der Waals surface area (Å²) in [5.74, 6) is -4.37. The van der Waals surface area contributed by atoms with Crippen molar-refractivity contribution in [3.63, 3.8) is 0 Å². The Kier molecular flexibility index (Phi) is 12.9. The van der Waals surface area contributed by atoms with Crippen LogP contribution in [0.1, 0.15) is 0 Å². The van der Waals surface area contributed by atoms with E-state index in [1.807, 2.05) is 0 Å². The Morgan fingerprint density at radius 2 is 1.12 bits per heavy atom. The van der Waals surface area contributed by atoms with Crippen LogP contribution in [0.25, 0.3) is 0 Å². The van der Waals surface area contributed by atoms with Gasteiger partial charge < -0.3 is 26.0 Å². The average molecular weight is 154 g/mol. The van der Waals surface area contributed by atoms with E-state index in [2.05, 4.69) is 0 Å². The SMILES string of the molecule is O=C([O-])C(=O)[O-].[NH4+].[Ti+2]. The molecule has 6 heteroatoms. The van der Waals surface area contributed by atoms with E-state index in [1.54, 1.807) is 0 Å². The summed E-state index contributed by atoms with van der Waals surface area (Å²) in [5, 5.41) is 17.9. The van der Waals surface area contributed by atoms with E-state index in [0.717, 1.165) is 0 Å². The second-order valence-corrected chi connectivity index (χ2v) is 0.575. The minimum absolute atomic E-state index is 0. The van der Waals surface area contributed by atoms with Gasteiger partial charge in [-0.3, -0.25) is 0 Å². The Morgan fingerprint density at radius 1 is 1.00 bits per heavy atom. The van der Waals surface area contributed by atoms with Gasteiger partial charge >= 0.3 is 21.7 Å². The molecular weight excluding hydrogens is 150 g/mol. The summed E-state index contributed by atoms with van der Waals surface area (Å²) < 4.78 is 0. The van der Waals surface area contributed by atoms with Crippen molar-refractivity contribution in [1.29, 1.82) is 0 Å². The molecular formula is C2H4NO4Ti+. The Bertz CT molecular complexity index is 80.0. The van der Waals surface area contributed by atoms with Gasteiger partial charge in [-0.2, -0.15) is 0 Å². The number of quaternary nitrogens is 1. The van der Waals surface area contributed by atoms with Crippen molar-refractivity contribution >= 4 is 11.9 Å². The van der Waals surface area contributed by atoms with Crippen molar-refractivity contribution in [1.82, 2.24) is 6.15 Å². The number of aliphatic carboxylic acids is 2. The number of carbonyl (C=O) groups excluding carboxylic acids is 2. The first-order valence-corrected chi connectivity index (χ1v) is 1.07. The predicted octanol–water partition coefficient (Wildman–Crippen LogP) is -3.14. The molecule has 5 nitrogen and oxygen atoms in total. The van der Waals surface area contributed by atoms with Crippen molar-refractivity contribution < 1.29 is 41.5 Å². The van der Waals surface area contributed by atoms with Crippen molar-refractivity contribution in [3.05, 3.63) is 0 Å². The molecule has 0 aliphatic rings. The van der Waals surface area contributed by atoms with Crippen LogP contribution >= 0.6 is 0 Å². The monoisotopic (exact) mass is 154 g/mol. The Labute approximate surface area is 60.2 Å². The number of rotatable bonds is 0. The van der Waals surface area contributed by atoms with E-state index in [4.69, 9.17) is 19.8 Å². The molecule has 0 aliphatic carbocycles. The molecule has 0 saturated heterocycles. The van der Waals surface area contributed by atoms with Gasteiger partial charge in [-0.05, 0) is 0 Å². The first-order chi connectivity index (χ1) is 2.64. The zero-order valence-electron chi connectivity index (χ0n) is 4.13. The molecule has 0 saturated carbocycles. The first-order valence-electron chi connectivity index (χ1n) is 1.07. The van der Waals surface area contributed by atoms with E-state index < -0.39 is 11.9 Å². The molecule has 0 aromatic rings. The second kappa shape index (κ2) is 6.61. The van der Waals surface area contributed by atoms with Crippen LogP contribution in [-0.4, -0.2) is 11.9 Å². The van der Waals surface area contributed by atoms with Crippen molar-refractivity contribution in [3.8, 4) is 0 Å². The van der Waals surface area contributed by atoms with Gasteiger partial charge in [-0.1, -0.05) is 0 Å². The zero-order chi connectivity index (χ0) is 5.15. The molecule has 4 N–H and O–H groups in total. The van der Waals surface area contributed by atoms with Crippen LogP contribution in [0.3, 0.4) is 0 Å². The average Bonchev–Trinajstić information content (AvgIpc) is 1.36. The molecule has 0 unspecified atom stereocenters. The molecule has 0 aromatic heterocycles. The number of hydrogen-bond acceptors (Lipinski definition) is 4. The van der Waals surface area contributed by atoms with E-state index in [9.17, 15) is 0 Å². The van der Waals surface area contributed by atoms with Crippen LogP contribution in [0.5, 0.6) is 0 Å². The van der Waals surface area contributed by atoms with Gasteiger partial charge in [0.05, 0.1) is 11.9 Å². The molecule has 8 heavy (non-hydrogen) atoms. The van der Waals surface area contributed by atoms with Crippen molar-refractivity contribution in [2.24, 2.45) is 0 Å². The maximum absolute atomic E-state index is 8.93. The van der Waals surface area contributed by atoms with Crippen LogP contribution < -0.4 is 16.4 Å². The minimum Gasteiger partial charge on any atom is -0.543 e. The third-order valence-electron chi connectivity index (χ3n) is 0.167. The van der Waals surface area contributed by atoms with Gasteiger partial charge in [0.1, 0.15) is 0 Å². The van der Waals surface area contributed by atoms with Gasteiger partial charge in [0.15, 0.2) is 0 Å². The van der Waals surface area contributed by atoms with Gasteiger partial charge in [-0.25, -0.2) is 0 Å². The molecule has 0 spiro atoms. The summed E-state index contributed by atoms with van der Waals surface area (Å²) in [5.41, 5.74) is 0. The fourth-order valence-corrected chi connectivity index (χ4v) is 0. The van der Waals surface area contributed by atoms with Crippen LogP contribution in [0, 0.1) is 0 Å². The Balaban J connectivity index is -0.000000125. The van der Waals surface area contributed by atoms with Crippen LogP contribution in [0.15, 0.2) is 0 Å². The quantitative estimate of drug-likeness (QED) is 0.293. The summed E-state index contributed by atoms with van der Waals surface area (Å²) in [6.45, 7) is 0. The van der Waals surface area contributed by atoms with Crippen LogP contribution in [0.4, 0.5) is 0 Å². The fraction of sp³-hybridized carbons (Fsp3) is 0.